The topological polar surface area (TPSA) is 91.0 Å². The Kier molecular flexibility index (Phi) is 3.96. The Bertz CT molecular complexity index is 914. The summed E-state index contributed by atoms with van der Waals surface area (Å²) < 4.78 is 0. The Morgan fingerprint density at radius 3 is 2.96 bits per heavy atom. The first-order chi connectivity index (χ1) is 12.1. The molecule has 1 aromatic carbocycles. The van der Waals surface area contributed by atoms with Gasteiger partial charge in [-0.2, -0.15) is 0 Å². The Balaban J connectivity index is 1.59. The van der Waals surface area contributed by atoms with Gasteiger partial charge >= 0.3 is 0 Å². The number of likely N-dealkylation sites (tertiary alicyclic amines) is 1. The van der Waals surface area contributed by atoms with Gasteiger partial charge in [0, 0.05) is 18.8 Å². The van der Waals surface area contributed by atoms with Crippen molar-refractivity contribution in [1.29, 1.82) is 0 Å². The van der Waals surface area contributed by atoms with Gasteiger partial charge in [0.1, 0.15) is 11.5 Å². The molecule has 1 aliphatic rings. The standard InChI is InChI=1S/C17H17N5O2S/c1-10(23)18-17-21-13(9-25-17)16(24)22-8-4-7-14(22)15-19-11-5-2-3-6-12(11)20-15/h2-3,5-6,9,14H,4,7-8H2,1H3,(H,19,20)(H,18,21,23)/t14-/m0/s1. The summed E-state index contributed by atoms with van der Waals surface area (Å²) >= 11 is 1.25. The molecule has 7 nitrogen and oxygen atoms in total. The number of amides is 2. The number of aromatic nitrogens is 3. The van der Waals surface area contributed by atoms with Gasteiger partial charge in [0.25, 0.3) is 5.91 Å². The molecule has 0 spiro atoms. The normalized spacial score (nSPS) is 17.2. The van der Waals surface area contributed by atoms with E-state index in [0.717, 1.165) is 29.7 Å². The number of fused-ring (bicyclic) bond motifs is 1. The first kappa shape index (κ1) is 15.8. The van der Waals surface area contributed by atoms with Gasteiger partial charge in [-0.25, -0.2) is 9.97 Å². The number of aromatic amines is 1. The Morgan fingerprint density at radius 1 is 1.32 bits per heavy atom. The van der Waals surface area contributed by atoms with Crippen LogP contribution in [-0.4, -0.2) is 38.2 Å². The second-order valence-corrected chi connectivity index (χ2v) is 6.87. The molecule has 0 unspecified atom stereocenters. The van der Waals surface area contributed by atoms with E-state index in [2.05, 4.69) is 20.3 Å². The predicted molar refractivity (Wildman–Crippen MR) is 95.5 cm³/mol. The number of hydrogen-bond acceptors (Lipinski definition) is 5. The molecule has 1 fully saturated rings. The van der Waals surface area contributed by atoms with E-state index in [4.69, 9.17) is 0 Å². The van der Waals surface area contributed by atoms with E-state index in [-0.39, 0.29) is 17.9 Å². The Labute approximate surface area is 148 Å². The third-order valence-electron chi connectivity index (χ3n) is 4.24. The molecule has 4 rings (SSSR count). The van der Waals surface area contributed by atoms with Gasteiger partial charge in [-0.3, -0.25) is 9.59 Å². The van der Waals surface area contributed by atoms with Crippen LogP contribution in [0.15, 0.2) is 29.6 Å². The third kappa shape index (κ3) is 3.00. The summed E-state index contributed by atoms with van der Waals surface area (Å²) in [6, 6.07) is 7.76. The Morgan fingerprint density at radius 2 is 2.16 bits per heavy atom. The van der Waals surface area contributed by atoms with Crippen LogP contribution >= 0.6 is 11.3 Å². The molecular weight excluding hydrogens is 338 g/mol. The predicted octanol–water partition coefficient (Wildman–Crippen LogP) is 2.96. The van der Waals surface area contributed by atoms with Crippen LogP contribution in [0, 0.1) is 0 Å². The van der Waals surface area contributed by atoms with Crippen LogP contribution in [0.25, 0.3) is 11.0 Å². The van der Waals surface area contributed by atoms with E-state index in [0.29, 0.717) is 17.4 Å². The molecule has 2 aromatic heterocycles. The summed E-state index contributed by atoms with van der Waals surface area (Å²) in [4.78, 5) is 38.0. The third-order valence-corrected chi connectivity index (χ3v) is 5.00. The quantitative estimate of drug-likeness (QED) is 0.756. The number of para-hydroxylation sites is 2. The lowest BCUT2D eigenvalue weighted by Crippen LogP contribution is -2.31. The van der Waals surface area contributed by atoms with Crippen LogP contribution < -0.4 is 5.32 Å². The molecule has 3 heterocycles. The maximum Gasteiger partial charge on any atom is 0.274 e. The number of carbonyl (C=O) groups excluding carboxylic acids is 2. The zero-order valence-electron chi connectivity index (χ0n) is 13.7. The van der Waals surface area contributed by atoms with Crippen molar-refractivity contribution in [3.8, 4) is 0 Å². The minimum atomic E-state index is -0.199. The van der Waals surface area contributed by atoms with Crippen LogP contribution in [0.5, 0.6) is 0 Å². The number of nitrogens with one attached hydrogen (secondary N) is 2. The summed E-state index contributed by atoms with van der Waals surface area (Å²) in [5, 5.41) is 4.73. The van der Waals surface area contributed by atoms with Crippen molar-refractivity contribution >= 4 is 39.3 Å². The molecule has 3 aromatic rings. The number of hydrogen-bond donors (Lipinski definition) is 2. The second-order valence-electron chi connectivity index (χ2n) is 6.01. The van der Waals surface area contributed by atoms with Crippen LogP contribution in [-0.2, 0) is 4.79 Å². The molecule has 1 saturated heterocycles. The molecular formula is C17H17N5O2S. The average molecular weight is 355 g/mol. The molecule has 1 aliphatic heterocycles. The van der Waals surface area contributed by atoms with Crippen LogP contribution in [0.4, 0.5) is 5.13 Å². The van der Waals surface area contributed by atoms with E-state index >= 15 is 0 Å². The lowest BCUT2D eigenvalue weighted by Gasteiger charge is -2.22. The smallest absolute Gasteiger partial charge is 0.274 e. The number of carbonyl (C=O) groups is 2. The molecule has 0 bridgehead atoms. The molecule has 2 N–H and O–H groups in total. The number of anilines is 1. The zero-order chi connectivity index (χ0) is 17.4. The highest BCUT2D eigenvalue weighted by atomic mass is 32.1. The molecule has 25 heavy (non-hydrogen) atoms. The fourth-order valence-electron chi connectivity index (χ4n) is 3.15. The molecule has 1 atom stereocenters. The average Bonchev–Trinajstić information content (AvgIpc) is 3.31. The highest BCUT2D eigenvalue weighted by molar-refractivity contribution is 7.14. The van der Waals surface area contributed by atoms with E-state index in [1.54, 1.807) is 5.38 Å². The van der Waals surface area contributed by atoms with Gasteiger partial charge in [0.15, 0.2) is 5.13 Å². The Hall–Kier alpha value is -2.74. The van der Waals surface area contributed by atoms with Crippen molar-refractivity contribution in [2.45, 2.75) is 25.8 Å². The van der Waals surface area contributed by atoms with Gasteiger partial charge in [-0.05, 0) is 25.0 Å². The van der Waals surface area contributed by atoms with Gasteiger partial charge in [0.2, 0.25) is 5.91 Å². The van der Waals surface area contributed by atoms with E-state index in [1.807, 2.05) is 29.2 Å². The van der Waals surface area contributed by atoms with Gasteiger partial charge in [-0.1, -0.05) is 12.1 Å². The van der Waals surface area contributed by atoms with E-state index in [1.165, 1.54) is 18.3 Å². The van der Waals surface area contributed by atoms with Gasteiger partial charge in [-0.15, -0.1) is 11.3 Å². The molecule has 2 amide bonds. The lowest BCUT2D eigenvalue weighted by molar-refractivity contribution is -0.114. The first-order valence-corrected chi connectivity index (χ1v) is 8.98. The van der Waals surface area contributed by atoms with Crippen LogP contribution in [0.3, 0.4) is 0 Å². The lowest BCUT2D eigenvalue weighted by atomic mass is 10.2. The van der Waals surface area contributed by atoms with E-state index in [9.17, 15) is 9.59 Å². The fraction of sp³-hybridized carbons (Fsp3) is 0.294. The first-order valence-electron chi connectivity index (χ1n) is 8.10. The summed E-state index contributed by atoms with van der Waals surface area (Å²) in [6.45, 7) is 2.09. The van der Waals surface area contributed by atoms with Crippen molar-refractivity contribution in [2.75, 3.05) is 11.9 Å². The number of rotatable bonds is 3. The largest absolute Gasteiger partial charge is 0.340 e. The summed E-state index contributed by atoms with van der Waals surface area (Å²) in [7, 11) is 0. The van der Waals surface area contributed by atoms with Crippen molar-refractivity contribution < 1.29 is 9.59 Å². The maximum atomic E-state index is 12.9. The second kappa shape index (κ2) is 6.29. The highest BCUT2D eigenvalue weighted by Gasteiger charge is 2.33. The number of nitrogens with zero attached hydrogens (tertiary/aromatic N) is 3. The SMILES string of the molecule is CC(=O)Nc1nc(C(=O)N2CCC[C@H]2c2nc3ccccc3[nH]2)cs1. The maximum absolute atomic E-state index is 12.9. The highest BCUT2D eigenvalue weighted by Crippen LogP contribution is 2.33. The van der Waals surface area contributed by atoms with Crippen molar-refractivity contribution in [1.82, 2.24) is 19.9 Å². The summed E-state index contributed by atoms with van der Waals surface area (Å²) in [5.74, 6) is 0.481. The molecule has 128 valence electrons. The summed E-state index contributed by atoms with van der Waals surface area (Å²) in [6.07, 6.45) is 1.80. The van der Waals surface area contributed by atoms with Crippen molar-refractivity contribution in [3.63, 3.8) is 0 Å². The van der Waals surface area contributed by atoms with Crippen molar-refractivity contribution in [2.24, 2.45) is 0 Å². The molecule has 8 heteroatoms. The summed E-state index contributed by atoms with van der Waals surface area (Å²) in [5.41, 5.74) is 2.23. The van der Waals surface area contributed by atoms with Gasteiger partial charge < -0.3 is 15.2 Å². The number of benzene rings is 1. The monoisotopic (exact) mass is 355 g/mol. The molecule has 0 radical (unpaired) electrons. The molecule has 0 saturated carbocycles. The number of imidazole rings is 1. The van der Waals surface area contributed by atoms with Crippen LogP contribution in [0.2, 0.25) is 0 Å². The number of H-pyrrole nitrogens is 1. The number of thiazole rings is 1. The van der Waals surface area contributed by atoms with Gasteiger partial charge in [0.05, 0.1) is 17.1 Å². The zero-order valence-corrected chi connectivity index (χ0v) is 14.5. The minimum absolute atomic E-state index is 0.0779. The molecule has 0 aliphatic carbocycles. The van der Waals surface area contributed by atoms with Crippen LogP contribution in [0.1, 0.15) is 42.1 Å². The van der Waals surface area contributed by atoms with Crippen molar-refractivity contribution in [3.05, 3.63) is 41.2 Å². The minimum Gasteiger partial charge on any atom is -0.340 e. The van der Waals surface area contributed by atoms with E-state index < -0.39 is 0 Å². The fourth-order valence-corrected chi connectivity index (χ4v) is 3.88.